The standard InChI is InChI=1S/C13H10O.C9H10O5/c14-13(11-7-3-1-4-8-11)12-9-5-2-6-10-12;1-9(14)5(7(10)11)3-2-4-6(9)8(12)13/h1-10H;2-5,14H,1H3,(H,10,11)(H,12,13). The zero-order chi connectivity index (χ0) is 20.7. The van der Waals surface area contributed by atoms with E-state index in [1.807, 2.05) is 60.7 Å². The Bertz CT molecular complexity index is 869. The molecule has 2 aromatic rings. The predicted molar refractivity (Wildman–Crippen MR) is 103 cm³/mol. The van der Waals surface area contributed by atoms with Gasteiger partial charge >= 0.3 is 11.9 Å². The highest BCUT2D eigenvalue weighted by atomic mass is 16.4. The number of aliphatic hydroxyl groups is 1. The van der Waals surface area contributed by atoms with E-state index in [9.17, 15) is 19.5 Å². The van der Waals surface area contributed by atoms with Crippen molar-refractivity contribution < 1.29 is 29.7 Å². The summed E-state index contributed by atoms with van der Waals surface area (Å²) in [5.41, 5.74) is -0.711. The van der Waals surface area contributed by atoms with Crippen LogP contribution in [-0.4, -0.2) is 38.6 Å². The Morgan fingerprint density at radius 2 is 1.32 bits per heavy atom. The van der Waals surface area contributed by atoms with Crippen LogP contribution >= 0.6 is 0 Å². The molecule has 0 radical (unpaired) electrons. The minimum atomic E-state index is -1.87. The van der Waals surface area contributed by atoms with Gasteiger partial charge in [0.15, 0.2) is 5.78 Å². The Balaban J connectivity index is 0.000000200. The first-order chi connectivity index (χ1) is 13.2. The first kappa shape index (κ1) is 20.8. The third kappa shape index (κ3) is 4.81. The van der Waals surface area contributed by atoms with E-state index in [-0.39, 0.29) is 11.4 Å². The number of carboxylic acid groups (broad SMARTS) is 2. The molecule has 0 saturated heterocycles. The fourth-order valence-corrected chi connectivity index (χ4v) is 2.74. The molecule has 0 heterocycles. The topological polar surface area (TPSA) is 112 Å². The van der Waals surface area contributed by atoms with Crippen LogP contribution in [0.5, 0.6) is 0 Å². The molecule has 144 valence electrons. The summed E-state index contributed by atoms with van der Waals surface area (Å²) < 4.78 is 0. The molecule has 0 saturated carbocycles. The van der Waals surface area contributed by atoms with Crippen molar-refractivity contribution >= 4 is 17.7 Å². The number of carbonyl (C=O) groups excluding carboxylic acids is 1. The van der Waals surface area contributed by atoms with Crippen molar-refractivity contribution in [1.82, 2.24) is 0 Å². The van der Waals surface area contributed by atoms with E-state index in [1.54, 1.807) is 0 Å². The molecule has 0 aliphatic heterocycles. The van der Waals surface area contributed by atoms with E-state index < -0.39 is 23.5 Å². The van der Waals surface area contributed by atoms with Gasteiger partial charge in [-0.05, 0) is 13.0 Å². The molecule has 0 aromatic heterocycles. The highest BCUT2D eigenvalue weighted by molar-refractivity contribution is 6.08. The number of hydrogen-bond donors (Lipinski definition) is 3. The van der Waals surface area contributed by atoms with Gasteiger partial charge in [0, 0.05) is 11.1 Å². The summed E-state index contributed by atoms with van der Waals surface area (Å²) in [6.07, 6.45) is 3.77. The van der Waals surface area contributed by atoms with Gasteiger partial charge in [0.25, 0.3) is 0 Å². The lowest BCUT2D eigenvalue weighted by molar-refractivity contribution is -0.147. The first-order valence-electron chi connectivity index (χ1n) is 8.47. The number of allylic oxidation sites excluding steroid dienone is 2. The zero-order valence-electron chi connectivity index (χ0n) is 15.1. The Labute approximate surface area is 162 Å². The molecule has 0 spiro atoms. The number of carbonyl (C=O) groups is 3. The molecule has 3 N–H and O–H groups in total. The second-order valence-electron chi connectivity index (χ2n) is 6.30. The Hall–Kier alpha value is -3.51. The second-order valence-corrected chi connectivity index (χ2v) is 6.30. The summed E-state index contributed by atoms with van der Waals surface area (Å²) >= 11 is 0. The van der Waals surface area contributed by atoms with Crippen molar-refractivity contribution in [1.29, 1.82) is 0 Å². The number of aliphatic carboxylic acids is 2. The molecule has 0 bridgehead atoms. The lowest BCUT2D eigenvalue weighted by Gasteiger charge is -2.30. The summed E-state index contributed by atoms with van der Waals surface area (Å²) in [4.78, 5) is 33.2. The van der Waals surface area contributed by atoms with Crippen molar-refractivity contribution in [3.05, 3.63) is 95.6 Å². The molecular formula is C22H20O6. The van der Waals surface area contributed by atoms with Crippen LogP contribution in [0.4, 0.5) is 0 Å². The molecule has 6 heteroatoms. The van der Waals surface area contributed by atoms with Gasteiger partial charge < -0.3 is 15.3 Å². The SMILES string of the molecule is CC1(O)C(C(=O)O)=CC=CC1C(=O)O.O=C(c1ccccc1)c1ccccc1. The quantitative estimate of drug-likeness (QED) is 0.703. The van der Waals surface area contributed by atoms with Crippen LogP contribution in [0.2, 0.25) is 0 Å². The highest BCUT2D eigenvalue weighted by Gasteiger charge is 2.43. The van der Waals surface area contributed by atoms with Gasteiger partial charge in [-0.2, -0.15) is 0 Å². The second kappa shape index (κ2) is 8.92. The lowest BCUT2D eigenvalue weighted by Crippen LogP contribution is -2.43. The molecule has 0 fully saturated rings. The molecule has 1 aliphatic carbocycles. The molecule has 0 amide bonds. The Morgan fingerprint density at radius 1 is 0.857 bits per heavy atom. The highest BCUT2D eigenvalue weighted by Crippen LogP contribution is 2.30. The van der Waals surface area contributed by atoms with Crippen molar-refractivity contribution in [2.24, 2.45) is 5.92 Å². The van der Waals surface area contributed by atoms with E-state index in [1.165, 1.54) is 25.2 Å². The summed E-state index contributed by atoms with van der Waals surface area (Å²) in [5.74, 6) is -3.71. The Kier molecular flexibility index (Phi) is 6.63. The number of rotatable bonds is 4. The maximum atomic E-state index is 11.8. The molecule has 2 atom stereocenters. The van der Waals surface area contributed by atoms with Crippen LogP contribution in [0.1, 0.15) is 22.8 Å². The minimum absolute atomic E-state index is 0.0752. The lowest BCUT2D eigenvalue weighted by atomic mass is 9.79. The van der Waals surface area contributed by atoms with Crippen LogP contribution in [0.3, 0.4) is 0 Å². The van der Waals surface area contributed by atoms with Crippen molar-refractivity contribution in [3.63, 3.8) is 0 Å². The van der Waals surface area contributed by atoms with E-state index in [2.05, 4.69) is 0 Å². The maximum absolute atomic E-state index is 11.8. The number of hydrogen-bond acceptors (Lipinski definition) is 4. The molecule has 1 aliphatic rings. The van der Waals surface area contributed by atoms with Gasteiger partial charge in [0.2, 0.25) is 0 Å². The minimum Gasteiger partial charge on any atom is -0.481 e. The van der Waals surface area contributed by atoms with Crippen LogP contribution < -0.4 is 0 Å². The van der Waals surface area contributed by atoms with E-state index in [4.69, 9.17) is 10.2 Å². The third-order valence-corrected chi connectivity index (χ3v) is 4.29. The average Bonchev–Trinajstić information content (AvgIpc) is 2.68. The molecule has 2 aromatic carbocycles. The molecule has 6 nitrogen and oxygen atoms in total. The smallest absolute Gasteiger partial charge is 0.334 e. The van der Waals surface area contributed by atoms with Gasteiger partial charge in [0.1, 0.15) is 11.5 Å². The van der Waals surface area contributed by atoms with E-state index in [0.29, 0.717) is 0 Å². The van der Waals surface area contributed by atoms with Crippen molar-refractivity contribution in [3.8, 4) is 0 Å². The average molecular weight is 380 g/mol. The van der Waals surface area contributed by atoms with Gasteiger partial charge in [-0.3, -0.25) is 9.59 Å². The van der Waals surface area contributed by atoms with Crippen molar-refractivity contribution in [2.45, 2.75) is 12.5 Å². The fourth-order valence-electron chi connectivity index (χ4n) is 2.74. The van der Waals surface area contributed by atoms with Gasteiger partial charge in [-0.25, -0.2) is 4.79 Å². The summed E-state index contributed by atoms with van der Waals surface area (Å²) in [6.45, 7) is 1.18. The molecular weight excluding hydrogens is 360 g/mol. The third-order valence-electron chi connectivity index (χ3n) is 4.29. The molecule has 28 heavy (non-hydrogen) atoms. The van der Waals surface area contributed by atoms with Crippen LogP contribution in [-0.2, 0) is 9.59 Å². The van der Waals surface area contributed by atoms with Crippen LogP contribution in [0, 0.1) is 5.92 Å². The summed E-state index contributed by atoms with van der Waals surface area (Å²) in [6, 6.07) is 18.6. The maximum Gasteiger partial charge on any atom is 0.334 e. The zero-order valence-corrected chi connectivity index (χ0v) is 15.1. The van der Waals surface area contributed by atoms with Crippen LogP contribution in [0.15, 0.2) is 84.5 Å². The monoisotopic (exact) mass is 380 g/mol. The molecule has 3 rings (SSSR count). The number of ketones is 1. The van der Waals surface area contributed by atoms with E-state index in [0.717, 1.165) is 11.1 Å². The van der Waals surface area contributed by atoms with Gasteiger partial charge in [-0.1, -0.05) is 72.8 Å². The molecule has 2 unspecified atom stereocenters. The predicted octanol–water partition coefficient (Wildman–Crippen LogP) is 2.94. The Morgan fingerprint density at radius 3 is 1.71 bits per heavy atom. The first-order valence-corrected chi connectivity index (χ1v) is 8.47. The largest absolute Gasteiger partial charge is 0.481 e. The van der Waals surface area contributed by atoms with Gasteiger partial charge in [0.05, 0.1) is 5.57 Å². The van der Waals surface area contributed by atoms with Gasteiger partial charge in [-0.15, -0.1) is 0 Å². The van der Waals surface area contributed by atoms with Crippen molar-refractivity contribution in [2.75, 3.05) is 0 Å². The number of benzene rings is 2. The summed E-state index contributed by atoms with van der Waals surface area (Å²) in [7, 11) is 0. The summed E-state index contributed by atoms with van der Waals surface area (Å²) in [5, 5.41) is 27.2. The fraction of sp³-hybridized carbons (Fsp3) is 0.136. The number of carboxylic acids is 2. The normalized spacial score (nSPS) is 20.4. The van der Waals surface area contributed by atoms with E-state index >= 15 is 0 Å². The van der Waals surface area contributed by atoms with Crippen LogP contribution in [0.25, 0.3) is 0 Å².